The molecule has 1 amide bonds. The van der Waals surface area contributed by atoms with Crippen LogP contribution >= 0.6 is 0 Å². The Morgan fingerprint density at radius 1 is 1.21 bits per heavy atom. The fraction of sp³-hybridized carbons (Fsp3) is 0.533. The van der Waals surface area contributed by atoms with E-state index < -0.39 is 0 Å². The van der Waals surface area contributed by atoms with Crippen LogP contribution in [0.4, 0.5) is 5.69 Å². The molecule has 0 bridgehead atoms. The van der Waals surface area contributed by atoms with Crippen molar-refractivity contribution in [3.63, 3.8) is 0 Å². The molecular weight excluding hydrogens is 238 g/mol. The van der Waals surface area contributed by atoms with Crippen molar-refractivity contribution in [2.45, 2.75) is 19.8 Å². The van der Waals surface area contributed by atoms with Crippen LogP contribution in [-0.2, 0) is 17.6 Å². The third-order valence-corrected chi connectivity index (χ3v) is 3.54. The van der Waals surface area contributed by atoms with Gasteiger partial charge >= 0.3 is 0 Å². The molecule has 1 aliphatic rings. The van der Waals surface area contributed by atoms with Gasteiger partial charge in [0.05, 0.1) is 6.42 Å². The number of amides is 1. The van der Waals surface area contributed by atoms with Gasteiger partial charge in [-0.2, -0.15) is 0 Å². The predicted molar refractivity (Wildman–Crippen MR) is 78.7 cm³/mol. The Bertz CT molecular complexity index is 445. The van der Waals surface area contributed by atoms with E-state index in [-0.39, 0.29) is 5.91 Å². The molecule has 0 atom stereocenters. The van der Waals surface area contributed by atoms with E-state index in [0.29, 0.717) is 6.42 Å². The average molecular weight is 261 g/mol. The summed E-state index contributed by atoms with van der Waals surface area (Å²) in [5.74, 6) is 0.191. The van der Waals surface area contributed by atoms with Gasteiger partial charge in [0.2, 0.25) is 5.91 Å². The number of benzene rings is 1. The Morgan fingerprint density at radius 3 is 2.79 bits per heavy atom. The lowest BCUT2D eigenvalue weighted by atomic mass is 10.1. The molecule has 4 heteroatoms. The van der Waals surface area contributed by atoms with E-state index in [0.717, 1.165) is 43.9 Å². The van der Waals surface area contributed by atoms with Crippen LogP contribution in [0.3, 0.4) is 0 Å². The summed E-state index contributed by atoms with van der Waals surface area (Å²) in [6.45, 7) is 6.13. The van der Waals surface area contributed by atoms with E-state index in [1.54, 1.807) is 4.90 Å². The molecule has 0 aliphatic carbocycles. The molecule has 0 fully saturated rings. The Hall–Kier alpha value is -1.39. The summed E-state index contributed by atoms with van der Waals surface area (Å²) < 4.78 is 0. The van der Waals surface area contributed by atoms with E-state index in [1.807, 2.05) is 7.05 Å². The van der Waals surface area contributed by atoms with Gasteiger partial charge in [-0.3, -0.25) is 4.79 Å². The maximum absolute atomic E-state index is 11.6. The summed E-state index contributed by atoms with van der Waals surface area (Å²) in [4.78, 5) is 13.4. The van der Waals surface area contributed by atoms with Crippen LogP contribution in [0, 0.1) is 0 Å². The monoisotopic (exact) mass is 261 g/mol. The second-order valence-corrected chi connectivity index (χ2v) is 4.95. The van der Waals surface area contributed by atoms with E-state index in [9.17, 15) is 4.79 Å². The van der Waals surface area contributed by atoms with E-state index >= 15 is 0 Å². The number of anilines is 1. The molecule has 0 saturated carbocycles. The highest BCUT2D eigenvalue weighted by atomic mass is 16.2. The van der Waals surface area contributed by atoms with Crippen LogP contribution in [0.15, 0.2) is 18.2 Å². The summed E-state index contributed by atoms with van der Waals surface area (Å²) in [6, 6.07) is 6.36. The number of likely N-dealkylation sites (N-methyl/N-ethyl adjacent to an activating group) is 2. The predicted octanol–water partition coefficient (Wildman–Crippen LogP) is 0.947. The molecule has 0 radical (unpaired) electrons. The van der Waals surface area contributed by atoms with Gasteiger partial charge < -0.3 is 15.5 Å². The Balaban J connectivity index is 1.80. The van der Waals surface area contributed by atoms with Gasteiger partial charge in [-0.1, -0.05) is 19.1 Å². The zero-order valence-electron chi connectivity index (χ0n) is 11.8. The molecule has 1 heterocycles. The van der Waals surface area contributed by atoms with Gasteiger partial charge in [-0.25, -0.2) is 0 Å². The zero-order chi connectivity index (χ0) is 13.7. The summed E-state index contributed by atoms with van der Waals surface area (Å²) in [7, 11) is 1.84. The molecule has 104 valence electrons. The second-order valence-electron chi connectivity index (χ2n) is 4.95. The highest BCUT2D eigenvalue weighted by Crippen LogP contribution is 2.28. The Labute approximate surface area is 115 Å². The number of hydrogen-bond donors (Lipinski definition) is 2. The fourth-order valence-electron chi connectivity index (χ4n) is 2.39. The first kappa shape index (κ1) is 14.0. The van der Waals surface area contributed by atoms with Gasteiger partial charge in [0.15, 0.2) is 0 Å². The summed E-state index contributed by atoms with van der Waals surface area (Å²) in [5, 5.41) is 6.70. The van der Waals surface area contributed by atoms with Crippen LogP contribution in [0.5, 0.6) is 0 Å². The molecule has 1 aromatic carbocycles. The van der Waals surface area contributed by atoms with Gasteiger partial charge in [-0.15, -0.1) is 0 Å². The minimum Gasteiger partial charge on any atom is -0.316 e. The highest BCUT2D eigenvalue weighted by Gasteiger charge is 2.23. The number of rotatable bonds is 7. The first-order valence-corrected chi connectivity index (χ1v) is 7.02. The summed E-state index contributed by atoms with van der Waals surface area (Å²) in [6.07, 6.45) is 1.56. The minimum absolute atomic E-state index is 0.191. The standard InChI is InChI=1S/C15H23N3O/c1-3-16-8-9-17-7-6-12-4-5-14-13(10-12)11-15(19)18(14)2/h4-5,10,16-17H,3,6-9,11H2,1-2H3. The van der Waals surface area contributed by atoms with Gasteiger partial charge in [0, 0.05) is 25.8 Å². The maximum Gasteiger partial charge on any atom is 0.231 e. The first-order chi connectivity index (χ1) is 9.22. The molecule has 1 aromatic rings. The quantitative estimate of drug-likeness (QED) is 0.718. The SMILES string of the molecule is CCNCCNCCc1ccc2c(c1)CC(=O)N2C. The number of nitrogens with zero attached hydrogens (tertiary/aromatic N) is 1. The van der Waals surface area contributed by atoms with Gasteiger partial charge in [0.25, 0.3) is 0 Å². The smallest absolute Gasteiger partial charge is 0.231 e. The molecule has 0 aromatic heterocycles. The van der Waals surface area contributed by atoms with Crippen molar-refractivity contribution in [3.8, 4) is 0 Å². The molecule has 2 N–H and O–H groups in total. The summed E-state index contributed by atoms with van der Waals surface area (Å²) in [5.41, 5.74) is 3.53. The van der Waals surface area contributed by atoms with Crippen molar-refractivity contribution in [2.75, 3.05) is 38.1 Å². The van der Waals surface area contributed by atoms with E-state index in [4.69, 9.17) is 0 Å². The van der Waals surface area contributed by atoms with E-state index in [1.165, 1.54) is 5.56 Å². The lowest BCUT2D eigenvalue weighted by Crippen LogP contribution is -2.28. The molecule has 1 aliphatic heterocycles. The summed E-state index contributed by atoms with van der Waals surface area (Å²) >= 11 is 0. The van der Waals surface area contributed by atoms with Crippen molar-refractivity contribution in [2.24, 2.45) is 0 Å². The van der Waals surface area contributed by atoms with Gasteiger partial charge in [0.1, 0.15) is 0 Å². The number of hydrogen-bond acceptors (Lipinski definition) is 3. The van der Waals surface area contributed by atoms with Crippen molar-refractivity contribution in [3.05, 3.63) is 29.3 Å². The maximum atomic E-state index is 11.6. The van der Waals surface area contributed by atoms with Crippen LogP contribution in [0.1, 0.15) is 18.1 Å². The molecule has 0 saturated heterocycles. The van der Waals surface area contributed by atoms with Crippen LogP contribution in [-0.4, -0.2) is 39.1 Å². The minimum atomic E-state index is 0.191. The Morgan fingerprint density at radius 2 is 2.00 bits per heavy atom. The number of nitrogens with one attached hydrogen (secondary N) is 2. The fourth-order valence-corrected chi connectivity index (χ4v) is 2.39. The normalized spacial score (nSPS) is 14.0. The van der Waals surface area contributed by atoms with E-state index in [2.05, 4.69) is 35.8 Å². The van der Waals surface area contributed by atoms with Crippen molar-refractivity contribution in [1.29, 1.82) is 0 Å². The third kappa shape index (κ3) is 3.55. The van der Waals surface area contributed by atoms with Crippen molar-refractivity contribution >= 4 is 11.6 Å². The molecule has 0 unspecified atom stereocenters. The topological polar surface area (TPSA) is 44.4 Å². The number of carbonyl (C=O) groups is 1. The largest absolute Gasteiger partial charge is 0.316 e. The third-order valence-electron chi connectivity index (χ3n) is 3.54. The highest BCUT2D eigenvalue weighted by molar-refractivity contribution is 6.00. The van der Waals surface area contributed by atoms with Crippen LogP contribution in [0.2, 0.25) is 0 Å². The molecule has 19 heavy (non-hydrogen) atoms. The number of carbonyl (C=O) groups excluding carboxylic acids is 1. The van der Waals surface area contributed by atoms with Crippen molar-refractivity contribution < 1.29 is 4.79 Å². The molecule has 0 spiro atoms. The molecular formula is C15H23N3O. The van der Waals surface area contributed by atoms with Crippen LogP contribution in [0.25, 0.3) is 0 Å². The number of fused-ring (bicyclic) bond motifs is 1. The first-order valence-electron chi connectivity index (χ1n) is 7.02. The van der Waals surface area contributed by atoms with Crippen LogP contribution < -0.4 is 15.5 Å². The zero-order valence-corrected chi connectivity index (χ0v) is 11.8. The molecule has 2 rings (SSSR count). The second kappa shape index (κ2) is 6.68. The lowest BCUT2D eigenvalue weighted by Gasteiger charge is -2.11. The lowest BCUT2D eigenvalue weighted by molar-refractivity contribution is -0.117. The molecule has 4 nitrogen and oxygen atoms in total. The van der Waals surface area contributed by atoms with Crippen molar-refractivity contribution in [1.82, 2.24) is 10.6 Å². The average Bonchev–Trinajstić information content (AvgIpc) is 2.69. The van der Waals surface area contributed by atoms with Gasteiger partial charge in [-0.05, 0) is 36.7 Å². The Kier molecular flexibility index (Phi) is 4.93.